The molecule has 0 spiro atoms. The number of piperidine rings is 1. The third kappa shape index (κ3) is 1.25. The first-order chi connectivity index (χ1) is 7.28. The molecule has 16 heavy (non-hydrogen) atoms. The highest BCUT2D eigenvalue weighted by atomic mass is 16.3. The summed E-state index contributed by atoms with van der Waals surface area (Å²) in [5.74, 6) is -0.126. The molecule has 4 unspecified atom stereocenters. The van der Waals surface area contributed by atoms with Crippen molar-refractivity contribution in [3.05, 3.63) is 0 Å². The minimum absolute atomic E-state index is 0.0280. The highest BCUT2D eigenvalue weighted by Crippen LogP contribution is 2.45. The molecule has 2 saturated heterocycles. The van der Waals surface area contributed by atoms with Gasteiger partial charge >= 0.3 is 0 Å². The van der Waals surface area contributed by atoms with Crippen LogP contribution in [0.1, 0.15) is 34.1 Å². The normalized spacial score (nSPS) is 39.1. The van der Waals surface area contributed by atoms with E-state index in [-0.39, 0.29) is 29.6 Å². The van der Waals surface area contributed by atoms with E-state index >= 15 is 0 Å². The number of Topliss-reactive ketones (excluding diaryl/α,β-unsaturated/α-hetero) is 1. The zero-order chi connectivity index (χ0) is 12.2. The van der Waals surface area contributed by atoms with Crippen LogP contribution in [0.3, 0.4) is 0 Å². The number of amides is 1. The molecule has 0 saturated carbocycles. The smallest absolute Gasteiger partial charge is 0.231 e. The van der Waals surface area contributed by atoms with Gasteiger partial charge in [-0.1, -0.05) is 6.92 Å². The number of nitrogens with zero attached hydrogens (tertiary/aromatic N) is 1. The molecule has 2 aliphatic rings. The summed E-state index contributed by atoms with van der Waals surface area (Å²) < 4.78 is 0. The largest absolute Gasteiger partial charge is 0.393 e. The van der Waals surface area contributed by atoms with Crippen molar-refractivity contribution in [1.29, 1.82) is 0 Å². The highest BCUT2D eigenvalue weighted by molar-refractivity contribution is 5.98. The Balaban J connectivity index is 2.32. The Morgan fingerprint density at radius 1 is 1.44 bits per heavy atom. The molecule has 1 amide bonds. The van der Waals surface area contributed by atoms with E-state index in [4.69, 9.17) is 0 Å². The standard InChI is InChI=1S/C12H19NO3/c1-6-5-8(15)12(3,4)13-10(6)9(7(2)14)11(13)16/h6-7,9-10,14H,5H2,1-4H3. The van der Waals surface area contributed by atoms with Gasteiger partial charge in [0.25, 0.3) is 0 Å². The summed E-state index contributed by atoms with van der Waals surface area (Å²) in [7, 11) is 0. The Bertz CT molecular complexity index is 348. The fourth-order valence-electron chi connectivity index (χ4n) is 3.08. The molecule has 4 nitrogen and oxygen atoms in total. The zero-order valence-electron chi connectivity index (χ0n) is 10.2. The van der Waals surface area contributed by atoms with E-state index in [1.165, 1.54) is 0 Å². The van der Waals surface area contributed by atoms with Gasteiger partial charge in [0, 0.05) is 12.5 Å². The van der Waals surface area contributed by atoms with Crippen molar-refractivity contribution in [2.75, 3.05) is 0 Å². The lowest BCUT2D eigenvalue weighted by atomic mass is 9.66. The monoisotopic (exact) mass is 225 g/mol. The van der Waals surface area contributed by atoms with Crippen molar-refractivity contribution in [3.63, 3.8) is 0 Å². The molecule has 0 aromatic heterocycles. The third-order valence-corrected chi connectivity index (χ3v) is 4.08. The van der Waals surface area contributed by atoms with Crippen LogP contribution in [-0.2, 0) is 9.59 Å². The highest BCUT2D eigenvalue weighted by Gasteiger charge is 2.61. The second kappa shape index (κ2) is 3.29. The van der Waals surface area contributed by atoms with Gasteiger partial charge in [0.05, 0.1) is 17.6 Å². The van der Waals surface area contributed by atoms with E-state index < -0.39 is 11.6 Å². The Kier molecular flexibility index (Phi) is 2.38. The van der Waals surface area contributed by atoms with Gasteiger partial charge in [-0.15, -0.1) is 0 Å². The summed E-state index contributed by atoms with van der Waals surface area (Å²) in [5, 5.41) is 9.60. The number of fused-ring (bicyclic) bond motifs is 1. The third-order valence-electron chi connectivity index (χ3n) is 4.08. The van der Waals surface area contributed by atoms with Gasteiger partial charge in [0.2, 0.25) is 5.91 Å². The molecule has 1 N–H and O–H groups in total. The van der Waals surface area contributed by atoms with Crippen LogP contribution in [-0.4, -0.2) is 39.4 Å². The van der Waals surface area contributed by atoms with Crippen LogP contribution in [0.4, 0.5) is 0 Å². The van der Waals surface area contributed by atoms with E-state index in [2.05, 4.69) is 0 Å². The minimum Gasteiger partial charge on any atom is -0.393 e. The summed E-state index contributed by atoms with van der Waals surface area (Å²) in [4.78, 5) is 25.5. The van der Waals surface area contributed by atoms with Crippen LogP contribution in [0.15, 0.2) is 0 Å². The number of hydrogen-bond donors (Lipinski definition) is 1. The van der Waals surface area contributed by atoms with Crippen molar-refractivity contribution in [1.82, 2.24) is 4.90 Å². The topological polar surface area (TPSA) is 57.6 Å². The number of ketones is 1. The summed E-state index contributed by atoms with van der Waals surface area (Å²) in [6.45, 7) is 7.22. The summed E-state index contributed by atoms with van der Waals surface area (Å²) in [6, 6.07) is 0.0280. The number of carbonyl (C=O) groups is 2. The van der Waals surface area contributed by atoms with Gasteiger partial charge in [-0.2, -0.15) is 0 Å². The molecule has 4 heteroatoms. The van der Waals surface area contributed by atoms with Gasteiger partial charge in [0.15, 0.2) is 5.78 Å². The van der Waals surface area contributed by atoms with Gasteiger partial charge < -0.3 is 10.0 Å². The van der Waals surface area contributed by atoms with Crippen molar-refractivity contribution >= 4 is 11.7 Å². The van der Waals surface area contributed by atoms with Crippen LogP contribution in [0.2, 0.25) is 0 Å². The van der Waals surface area contributed by atoms with E-state index in [1.54, 1.807) is 25.7 Å². The lowest BCUT2D eigenvalue weighted by Crippen LogP contribution is -2.76. The van der Waals surface area contributed by atoms with E-state index in [0.717, 1.165) is 0 Å². The molecule has 4 atom stereocenters. The maximum atomic E-state index is 12.0. The quantitative estimate of drug-likeness (QED) is 0.664. The van der Waals surface area contributed by atoms with E-state index in [9.17, 15) is 14.7 Å². The number of rotatable bonds is 1. The second-order valence-corrected chi connectivity index (χ2v) is 5.63. The number of aliphatic hydroxyl groups excluding tert-OH is 1. The maximum absolute atomic E-state index is 12.0. The zero-order valence-corrected chi connectivity index (χ0v) is 10.2. The van der Waals surface area contributed by atoms with Crippen molar-refractivity contribution in [3.8, 4) is 0 Å². The predicted octanol–water partition coefficient (Wildman–Crippen LogP) is 0.582. The Morgan fingerprint density at radius 3 is 2.50 bits per heavy atom. The number of β-lactam (4-membered cyclic amide) rings is 1. The molecule has 0 aromatic rings. The summed E-state index contributed by atoms with van der Waals surface area (Å²) in [6.07, 6.45) is -0.120. The lowest BCUT2D eigenvalue weighted by Gasteiger charge is -2.60. The summed E-state index contributed by atoms with van der Waals surface area (Å²) in [5.41, 5.74) is -0.695. The number of carbonyl (C=O) groups excluding carboxylic acids is 2. The predicted molar refractivity (Wildman–Crippen MR) is 58.7 cm³/mol. The second-order valence-electron chi connectivity index (χ2n) is 5.63. The number of aliphatic hydroxyl groups is 1. The molecular weight excluding hydrogens is 206 g/mol. The van der Waals surface area contributed by atoms with Crippen LogP contribution >= 0.6 is 0 Å². The van der Waals surface area contributed by atoms with Gasteiger partial charge in [-0.25, -0.2) is 0 Å². The molecule has 0 radical (unpaired) electrons. The van der Waals surface area contributed by atoms with E-state index in [0.29, 0.717) is 6.42 Å². The van der Waals surface area contributed by atoms with Crippen LogP contribution < -0.4 is 0 Å². The molecule has 2 heterocycles. The Labute approximate surface area is 95.6 Å². The molecule has 2 rings (SSSR count). The molecule has 2 fully saturated rings. The van der Waals surface area contributed by atoms with Crippen molar-refractivity contribution in [2.24, 2.45) is 11.8 Å². The SMILES string of the molecule is CC(O)C1C(=O)N2C1C(C)CC(=O)C2(C)C. The van der Waals surface area contributed by atoms with Crippen molar-refractivity contribution < 1.29 is 14.7 Å². The molecule has 0 aliphatic carbocycles. The average molecular weight is 225 g/mol. The first kappa shape index (κ1) is 11.6. The Hall–Kier alpha value is -0.900. The maximum Gasteiger partial charge on any atom is 0.231 e. The lowest BCUT2D eigenvalue weighted by molar-refractivity contribution is -0.191. The fourth-order valence-corrected chi connectivity index (χ4v) is 3.08. The van der Waals surface area contributed by atoms with Crippen LogP contribution in [0.5, 0.6) is 0 Å². The number of hydrogen-bond acceptors (Lipinski definition) is 3. The van der Waals surface area contributed by atoms with E-state index in [1.807, 2.05) is 6.92 Å². The summed E-state index contributed by atoms with van der Waals surface area (Å²) >= 11 is 0. The Morgan fingerprint density at radius 2 is 2.00 bits per heavy atom. The van der Waals surface area contributed by atoms with Crippen LogP contribution in [0, 0.1) is 11.8 Å². The molecule has 0 bridgehead atoms. The minimum atomic E-state index is -0.695. The average Bonchev–Trinajstić information content (AvgIpc) is 2.10. The van der Waals surface area contributed by atoms with Crippen molar-refractivity contribution in [2.45, 2.75) is 51.8 Å². The fraction of sp³-hybridized carbons (Fsp3) is 0.833. The first-order valence-electron chi connectivity index (χ1n) is 5.83. The van der Waals surface area contributed by atoms with Crippen LogP contribution in [0.25, 0.3) is 0 Å². The van der Waals surface area contributed by atoms with Gasteiger partial charge in [0.1, 0.15) is 0 Å². The molecule has 0 aromatic carbocycles. The molecule has 90 valence electrons. The molecule has 2 aliphatic heterocycles. The van der Waals surface area contributed by atoms with Gasteiger partial charge in [-0.05, 0) is 26.7 Å². The molecular formula is C12H19NO3. The van der Waals surface area contributed by atoms with Gasteiger partial charge in [-0.3, -0.25) is 9.59 Å². The first-order valence-corrected chi connectivity index (χ1v) is 5.83.